The largest absolute Gasteiger partial charge is 0.497 e. The SMILES string of the molecule is COc1ccc(N2C(=O)C(=Cc3c(F)cccc3Cl)SC2=S)c(OC)c1. The number of carbonyl (C=O) groups excluding carboxylic acids is 1. The van der Waals surface area contributed by atoms with E-state index in [9.17, 15) is 9.18 Å². The van der Waals surface area contributed by atoms with Gasteiger partial charge in [-0.3, -0.25) is 9.69 Å². The fraction of sp³-hybridized carbons (Fsp3) is 0.111. The van der Waals surface area contributed by atoms with Crippen LogP contribution in [0.3, 0.4) is 0 Å². The van der Waals surface area contributed by atoms with E-state index >= 15 is 0 Å². The Labute approximate surface area is 164 Å². The number of hydrogen-bond acceptors (Lipinski definition) is 5. The number of hydrogen-bond donors (Lipinski definition) is 0. The van der Waals surface area contributed by atoms with Crippen molar-refractivity contribution in [2.45, 2.75) is 0 Å². The Balaban J connectivity index is 2.02. The first-order chi connectivity index (χ1) is 12.5. The fourth-order valence-electron chi connectivity index (χ4n) is 2.42. The lowest BCUT2D eigenvalue weighted by molar-refractivity contribution is -0.113. The summed E-state index contributed by atoms with van der Waals surface area (Å²) in [7, 11) is 3.03. The molecule has 0 atom stereocenters. The number of rotatable bonds is 4. The fourth-order valence-corrected chi connectivity index (χ4v) is 3.91. The third kappa shape index (κ3) is 3.42. The maximum absolute atomic E-state index is 14.0. The lowest BCUT2D eigenvalue weighted by Crippen LogP contribution is -2.27. The second kappa shape index (κ2) is 7.65. The number of thiocarbonyl (C=S) groups is 1. The topological polar surface area (TPSA) is 38.8 Å². The second-order valence-corrected chi connectivity index (χ2v) is 7.27. The number of benzene rings is 2. The van der Waals surface area contributed by atoms with E-state index in [1.165, 1.54) is 37.3 Å². The molecular formula is C18H13ClFNO3S2. The number of halogens is 2. The molecule has 0 radical (unpaired) electrons. The summed E-state index contributed by atoms with van der Waals surface area (Å²) >= 11 is 12.5. The summed E-state index contributed by atoms with van der Waals surface area (Å²) in [4.78, 5) is 14.5. The third-order valence-electron chi connectivity index (χ3n) is 3.70. The van der Waals surface area contributed by atoms with Gasteiger partial charge in [-0.1, -0.05) is 41.6 Å². The Morgan fingerprint density at radius 1 is 1.23 bits per heavy atom. The molecule has 0 spiro atoms. The molecule has 1 aliphatic rings. The molecule has 8 heteroatoms. The van der Waals surface area contributed by atoms with Crippen LogP contribution in [0.5, 0.6) is 11.5 Å². The van der Waals surface area contributed by atoms with Gasteiger partial charge in [-0.2, -0.15) is 0 Å². The van der Waals surface area contributed by atoms with Crippen LogP contribution in [-0.4, -0.2) is 24.4 Å². The van der Waals surface area contributed by atoms with E-state index in [-0.39, 0.29) is 21.4 Å². The van der Waals surface area contributed by atoms with E-state index in [2.05, 4.69) is 0 Å². The van der Waals surface area contributed by atoms with Crippen LogP contribution in [0.4, 0.5) is 10.1 Å². The minimum Gasteiger partial charge on any atom is -0.497 e. The molecule has 1 fully saturated rings. The van der Waals surface area contributed by atoms with Crippen LogP contribution < -0.4 is 14.4 Å². The molecule has 2 aromatic rings. The first-order valence-corrected chi connectivity index (χ1v) is 9.00. The number of nitrogens with zero attached hydrogens (tertiary/aromatic N) is 1. The van der Waals surface area contributed by atoms with Gasteiger partial charge in [0.15, 0.2) is 4.32 Å². The molecule has 0 bridgehead atoms. The molecule has 134 valence electrons. The van der Waals surface area contributed by atoms with Gasteiger partial charge in [0.05, 0.1) is 29.8 Å². The summed E-state index contributed by atoms with van der Waals surface area (Å²) in [5.74, 6) is 0.142. The van der Waals surface area contributed by atoms with Crippen LogP contribution in [0.2, 0.25) is 5.02 Å². The van der Waals surface area contributed by atoms with Crippen molar-refractivity contribution >= 4 is 57.6 Å². The molecule has 0 saturated carbocycles. The monoisotopic (exact) mass is 409 g/mol. The quantitative estimate of drug-likeness (QED) is 0.530. The molecule has 0 aliphatic carbocycles. The van der Waals surface area contributed by atoms with Crippen molar-refractivity contribution in [1.29, 1.82) is 0 Å². The Bertz CT molecular complexity index is 912. The summed E-state index contributed by atoms with van der Waals surface area (Å²) in [6, 6.07) is 9.39. The van der Waals surface area contributed by atoms with E-state index < -0.39 is 5.82 Å². The van der Waals surface area contributed by atoms with Gasteiger partial charge in [0.1, 0.15) is 17.3 Å². The molecule has 4 nitrogen and oxygen atoms in total. The minimum atomic E-state index is -0.509. The van der Waals surface area contributed by atoms with Gasteiger partial charge in [-0.25, -0.2) is 4.39 Å². The predicted octanol–water partition coefficient (Wildman–Crippen LogP) is 4.90. The van der Waals surface area contributed by atoms with Gasteiger partial charge in [-0.15, -0.1) is 0 Å². The molecule has 0 unspecified atom stereocenters. The highest BCUT2D eigenvalue weighted by Crippen LogP contribution is 2.41. The summed E-state index contributed by atoms with van der Waals surface area (Å²) in [5, 5.41) is 0.220. The highest BCUT2D eigenvalue weighted by atomic mass is 35.5. The van der Waals surface area contributed by atoms with E-state index in [4.69, 9.17) is 33.3 Å². The third-order valence-corrected chi connectivity index (χ3v) is 5.33. The smallest absolute Gasteiger partial charge is 0.270 e. The van der Waals surface area contributed by atoms with E-state index in [0.29, 0.717) is 21.5 Å². The average molecular weight is 410 g/mol. The predicted molar refractivity (Wildman–Crippen MR) is 107 cm³/mol. The summed E-state index contributed by atoms with van der Waals surface area (Å²) in [6.45, 7) is 0. The number of thioether (sulfide) groups is 1. The van der Waals surface area contributed by atoms with Gasteiger partial charge in [0.25, 0.3) is 5.91 Å². The van der Waals surface area contributed by atoms with Crippen molar-refractivity contribution in [3.05, 3.63) is 57.7 Å². The summed E-state index contributed by atoms with van der Waals surface area (Å²) < 4.78 is 24.8. The highest BCUT2D eigenvalue weighted by molar-refractivity contribution is 8.27. The van der Waals surface area contributed by atoms with Gasteiger partial charge >= 0.3 is 0 Å². The number of ether oxygens (including phenoxy) is 2. The lowest BCUT2D eigenvalue weighted by atomic mass is 10.2. The Morgan fingerprint density at radius 2 is 2.00 bits per heavy atom. The Kier molecular flexibility index (Phi) is 5.50. The summed E-state index contributed by atoms with van der Waals surface area (Å²) in [6.07, 6.45) is 1.41. The average Bonchev–Trinajstić information content (AvgIpc) is 2.91. The molecule has 2 aromatic carbocycles. The van der Waals surface area contributed by atoms with Crippen molar-refractivity contribution < 1.29 is 18.7 Å². The van der Waals surface area contributed by atoms with Crippen LogP contribution in [0.25, 0.3) is 6.08 Å². The second-order valence-electron chi connectivity index (χ2n) is 5.19. The van der Waals surface area contributed by atoms with Crippen LogP contribution in [-0.2, 0) is 4.79 Å². The van der Waals surface area contributed by atoms with Crippen LogP contribution >= 0.6 is 35.6 Å². The van der Waals surface area contributed by atoms with E-state index in [1.807, 2.05) is 0 Å². The highest BCUT2D eigenvalue weighted by Gasteiger charge is 2.35. The zero-order valence-corrected chi connectivity index (χ0v) is 16.2. The maximum Gasteiger partial charge on any atom is 0.270 e. The number of amides is 1. The first kappa shape index (κ1) is 18.7. The Hall–Kier alpha value is -2.09. The van der Waals surface area contributed by atoms with Crippen molar-refractivity contribution in [1.82, 2.24) is 0 Å². The number of methoxy groups -OCH3 is 2. The Morgan fingerprint density at radius 3 is 2.65 bits per heavy atom. The van der Waals surface area contributed by atoms with Crippen molar-refractivity contribution in [3.8, 4) is 11.5 Å². The van der Waals surface area contributed by atoms with Gasteiger partial charge in [0, 0.05) is 11.6 Å². The molecule has 3 rings (SSSR count). The first-order valence-electron chi connectivity index (χ1n) is 7.40. The molecule has 0 aromatic heterocycles. The molecule has 26 heavy (non-hydrogen) atoms. The van der Waals surface area contributed by atoms with Crippen LogP contribution in [0.15, 0.2) is 41.3 Å². The normalized spacial score (nSPS) is 15.7. The van der Waals surface area contributed by atoms with Crippen LogP contribution in [0.1, 0.15) is 5.56 Å². The van der Waals surface area contributed by atoms with E-state index in [0.717, 1.165) is 11.8 Å². The van der Waals surface area contributed by atoms with Crippen molar-refractivity contribution in [2.24, 2.45) is 0 Å². The molecular weight excluding hydrogens is 397 g/mol. The molecule has 1 aliphatic heterocycles. The number of anilines is 1. The van der Waals surface area contributed by atoms with Crippen molar-refractivity contribution in [3.63, 3.8) is 0 Å². The van der Waals surface area contributed by atoms with Crippen LogP contribution in [0, 0.1) is 5.82 Å². The molecule has 1 amide bonds. The van der Waals surface area contributed by atoms with Crippen molar-refractivity contribution in [2.75, 3.05) is 19.1 Å². The summed E-state index contributed by atoms with van der Waals surface area (Å²) in [5.41, 5.74) is 0.634. The molecule has 1 heterocycles. The maximum atomic E-state index is 14.0. The molecule has 0 N–H and O–H groups in total. The standard InChI is InChI=1S/C18H13ClFNO3S2/c1-23-10-6-7-14(15(8-10)24-2)21-17(22)16(26-18(21)25)9-11-12(19)4-3-5-13(11)20/h3-9H,1-2H3. The number of carbonyl (C=O) groups is 1. The lowest BCUT2D eigenvalue weighted by Gasteiger charge is -2.18. The van der Waals surface area contributed by atoms with Gasteiger partial charge < -0.3 is 9.47 Å². The van der Waals surface area contributed by atoms with Gasteiger partial charge in [-0.05, 0) is 30.3 Å². The molecule has 1 saturated heterocycles. The zero-order valence-electron chi connectivity index (χ0n) is 13.8. The minimum absolute atomic E-state index is 0.149. The van der Waals surface area contributed by atoms with Gasteiger partial charge in [0.2, 0.25) is 0 Å². The zero-order chi connectivity index (χ0) is 18.8. The van der Waals surface area contributed by atoms with E-state index in [1.54, 1.807) is 24.3 Å².